The first-order valence-electron chi connectivity index (χ1n) is 10.1. The smallest absolute Gasteiger partial charge is 0.338 e. The van der Waals surface area contributed by atoms with Gasteiger partial charge >= 0.3 is 5.97 Å². The van der Waals surface area contributed by atoms with E-state index in [9.17, 15) is 9.90 Å². The standard InChI is InChI=1S/C23H22ClN5O2/c1-3-28(4-2)21-18-11-16(10-15-8-6-5-7-9-15)19(24)12-20(18)26-23(27-21)29-14-17(13-25-29)22(30)31/h5-9,11-14H,3-4,10H2,1-2H3,(H,30,31). The van der Waals surface area contributed by atoms with Crippen LogP contribution in [0, 0.1) is 0 Å². The molecule has 4 rings (SSSR count). The third-order valence-electron chi connectivity index (χ3n) is 5.17. The van der Waals surface area contributed by atoms with Crippen LogP contribution >= 0.6 is 11.6 Å². The predicted molar refractivity (Wildman–Crippen MR) is 121 cm³/mol. The SMILES string of the molecule is CCN(CC)c1nc(-n2cc(C(=O)O)cn2)nc2cc(Cl)c(Cc3ccccc3)cc12. The van der Waals surface area contributed by atoms with Gasteiger partial charge in [0.05, 0.1) is 17.3 Å². The quantitative estimate of drug-likeness (QED) is 0.456. The maximum Gasteiger partial charge on any atom is 0.338 e. The second-order valence-electron chi connectivity index (χ2n) is 7.12. The van der Waals surface area contributed by atoms with Crippen LogP contribution in [0.1, 0.15) is 35.3 Å². The molecule has 0 unspecified atom stereocenters. The van der Waals surface area contributed by atoms with E-state index in [2.05, 4.69) is 41.0 Å². The molecule has 8 heteroatoms. The number of carboxylic acids is 1. The molecular weight excluding hydrogens is 414 g/mol. The van der Waals surface area contributed by atoms with Gasteiger partial charge in [-0.15, -0.1) is 0 Å². The van der Waals surface area contributed by atoms with Gasteiger partial charge < -0.3 is 10.0 Å². The van der Waals surface area contributed by atoms with Gasteiger partial charge in [0.1, 0.15) is 5.82 Å². The topological polar surface area (TPSA) is 84.1 Å². The van der Waals surface area contributed by atoms with Crippen molar-refractivity contribution in [2.45, 2.75) is 20.3 Å². The summed E-state index contributed by atoms with van der Waals surface area (Å²) < 4.78 is 1.38. The number of anilines is 1. The molecule has 0 atom stereocenters. The summed E-state index contributed by atoms with van der Waals surface area (Å²) >= 11 is 6.62. The molecule has 0 spiro atoms. The van der Waals surface area contributed by atoms with Gasteiger partial charge in [0, 0.05) is 29.7 Å². The van der Waals surface area contributed by atoms with Crippen molar-refractivity contribution in [1.82, 2.24) is 19.7 Å². The molecule has 0 aliphatic carbocycles. The molecule has 0 amide bonds. The molecule has 0 saturated heterocycles. The highest BCUT2D eigenvalue weighted by molar-refractivity contribution is 6.32. The molecule has 158 valence electrons. The van der Waals surface area contributed by atoms with Crippen molar-refractivity contribution in [2.75, 3.05) is 18.0 Å². The summed E-state index contributed by atoms with van der Waals surface area (Å²) in [7, 11) is 0. The summed E-state index contributed by atoms with van der Waals surface area (Å²) in [6.45, 7) is 5.65. The van der Waals surface area contributed by atoms with Crippen LogP contribution < -0.4 is 4.90 Å². The summed E-state index contributed by atoms with van der Waals surface area (Å²) in [6, 6.07) is 14.0. The lowest BCUT2D eigenvalue weighted by Gasteiger charge is -2.22. The number of carbonyl (C=O) groups is 1. The van der Waals surface area contributed by atoms with Crippen LogP contribution in [-0.4, -0.2) is 43.9 Å². The van der Waals surface area contributed by atoms with Crippen molar-refractivity contribution in [3.05, 3.63) is 76.6 Å². The van der Waals surface area contributed by atoms with Gasteiger partial charge in [0.15, 0.2) is 0 Å². The fourth-order valence-electron chi connectivity index (χ4n) is 3.53. The molecule has 2 heterocycles. The Bertz CT molecular complexity index is 1240. The van der Waals surface area contributed by atoms with Crippen molar-refractivity contribution in [2.24, 2.45) is 0 Å². The Morgan fingerprint density at radius 3 is 2.52 bits per heavy atom. The summed E-state index contributed by atoms with van der Waals surface area (Å²) in [5.41, 5.74) is 2.92. The Hall–Kier alpha value is -3.45. The molecular formula is C23H22ClN5O2. The van der Waals surface area contributed by atoms with E-state index in [1.165, 1.54) is 22.6 Å². The van der Waals surface area contributed by atoms with E-state index in [0.29, 0.717) is 22.9 Å². The van der Waals surface area contributed by atoms with Crippen LogP contribution in [0.15, 0.2) is 54.9 Å². The lowest BCUT2D eigenvalue weighted by molar-refractivity contribution is 0.0697. The van der Waals surface area contributed by atoms with E-state index in [1.807, 2.05) is 30.3 Å². The van der Waals surface area contributed by atoms with E-state index >= 15 is 0 Å². The van der Waals surface area contributed by atoms with E-state index < -0.39 is 5.97 Å². The molecule has 31 heavy (non-hydrogen) atoms. The van der Waals surface area contributed by atoms with Gasteiger partial charge in [-0.05, 0) is 43.5 Å². The normalized spacial score (nSPS) is 11.1. The van der Waals surface area contributed by atoms with Gasteiger partial charge in [-0.2, -0.15) is 10.1 Å². The Labute approximate surface area is 184 Å². The maximum absolute atomic E-state index is 11.2. The van der Waals surface area contributed by atoms with E-state index in [0.717, 1.165) is 29.9 Å². The van der Waals surface area contributed by atoms with Crippen LogP contribution in [0.25, 0.3) is 16.9 Å². The molecule has 0 saturated carbocycles. The van der Waals surface area contributed by atoms with Crippen molar-refractivity contribution in [3.63, 3.8) is 0 Å². The van der Waals surface area contributed by atoms with E-state index in [1.54, 1.807) is 0 Å². The number of carboxylic acid groups (broad SMARTS) is 1. The molecule has 7 nitrogen and oxygen atoms in total. The highest BCUT2D eigenvalue weighted by Crippen LogP contribution is 2.31. The summed E-state index contributed by atoms with van der Waals surface area (Å²) in [6.07, 6.45) is 3.39. The number of fused-ring (bicyclic) bond motifs is 1. The Morgan fingerprint density at radius 1 is 1.13 bits per heavy atom. The first kappa shape index (κ1) is 20.8. The number of aromatic nitrogens is 4. The minimum Gasteiger partial charge on any atom is -0.478 e. The zero-order valence-electron chi connectivity index (χ0n) is 17.3. The highest BCUT2D eigenvalue weighted by atomic mass is 35.5. The molecule has 2 aromatic carbocycles. The monoisotopic (exact) mass is 435 g/mol. The van der Waals surface area contributed by atoms with Crippen molar-refractivity contribution < 1.29 is 9.90 Å². The number of rotatable bonds is 7. The molecule has 0 aliphatic heterocycles. The van der Waals surface area contributed by atoms with Crippen molar-refractivity contribution >= 4 is 34.3 Å². The number of halogens is 1. The van der Waals surface area contributed by atoms with E-state index in [-0.39, 0.29) is 5.56 Å². The number of nitrogens with zero attached hydrogens (tertiary/aromatic N) is 5. The first-order chi connectivity index (χ1) is 15.0. The van der Waals surface area contributed by atoms with Crippen LogP contribution in [0.5, 0.6) is 0 Å². The zero-order chi connectivity index (χ0) is 22.0. The second kappa shape index (κ2) is 8.73. The van der Waals surface area contributed by atoms with Gasteiger partial charge in [-0.25, -0.2) is 14.5 Å². The van der Waals surface area contributed by atoms with Crippen LogP contribution in [0.4, 0.5) is 5.82 Å². The lowest BCUT2D eigenvalue weighted by atomic mass is 10.0. The Morgan fingerprint density at radius 2 is 1.87 bits per heavy atom. The fraction of sp³-hybridized carbons (Fsp3) is 0.217. The summed E-state index contributed by atoms with van der Waals surface area (Å²) in [5, 5.41) is 14.8. The molecule has 0 bridgehead atoms. The van der Waals surface area contributed by atoms with Crippen LogP contribution in [0.3, 0.4) is 0 Å². The van der Waals surface area contributed by atoms with Gasteiger partial charge in [-0.1, -0.05) is 41.9 Å². The average molecular weight is 436 g/mol. The number of benzene rings is 2. The molecule has 0 fully saturated rings. The lowest BCUT2D eigenvalue weighted by Crippen LogP contribution is -2.24. The average Bonchev–Trinajstić information content (AvgIpc) is 3.27. The number of hydrogen-bond donors (Lipinski definition) is 1. The molecule has 1 N–H and O–H groups in total. The molecule has 4 aromatic rings. The van der Waals surface area contributed by atoms with Gasteiger partial charge in [-0.3, -0.25) is 0 Å². The van der Waals surface area contributed by atoms with Gasteiger partial charge in [0.25, 0.3) is 5.95 Å². The second-order valence-corrected chi connectivity index (χ2v) is 7.53. The third-order valence-corrected chi connectivity index (χ3v) is 5.52. The molecule has 0 aliphatic rings. The largest absolute Gasteiger partial charge is 0.478 e. The number of hydrogen-bond acceptors (Lipinski definition) is 5. The first-order valence-corrected chi connectivity index (χ1v) is 10.4. The highest BCUT2D eigenvalue weighted by Gasteiger charge is 2.17. The summed E-state index contributed by atoms with van der Waals surface area (Å²) in [5.74, 6) is 0.0155. The van der Waals surface area contributed by atoms with Gasteiger partial charge in [0.2, 0.25) is 0 Å². The third kappa shape index (κ3) is 4.22. The fourth-order valence-corrected chi connectivity index (χ4v) is 3.75. The van der Waals surface area contributed by atoms with E-state index in [4.69, 9.17) is 16.6 Å². The van der Waals surface area contributed by atoms with Crippen molar-refractivity contribution in [3.8, 4) is 5.95 Å². The zero-order valence-corrected chi connectivity index (χ0v) is 18.0. The molecule has 2 aromatic heterocycles. The predicted octanol–water partition coefficient (Wildman–Crippen LogP) is 4.60. The van der Waals surface area contributed by atoms with Crippen molar-refractivity contribution in [1.29, 1.82) is 0 Å². The minimum absolute atomic E-state index is 0.0735. The van der Waals surface area contributed by atoms with Crippen LogP contribution in [-0.2, 0) is 6.42 Å². The maximum atomic E-state index is 11.2. The number of aromatic carboxylic acids is 1. The summed E-state index contributed by atoms with van der Waals surface area (Å²) in [4.78, 5) is 22.7. The minimum atomic E-state index is -1.05. The Balaban J connectivity index is 1.87. The van der Waals surface area contributed by atoms with Crippen LogP contribution in [0.2, 0.25) is 5.02 Å². The Kier molecular flexibility index (Phi) is 5.86. The molecule has 0 radical (unpaired) electrons.